The van der Waals surface area contributed by atoms with E-state index in [2.05, 4.69) is 9.93 Å². The first-order chi connectivity index (χ1) is 10.3. The van der Waals surface area contributed by atoms with Gasteiger partial charge in [0.05, 0.1) is 10.6 Å². The van der Waals surface area contributed by atoms with Crippen molar-refractivity contribution in [3.8, 4) is 0 Å². The number of hydrogen-bond donors (Lipinski definition) is 1. The normalized spacial score (nSPS) is 12.3. The van der Waals surface area contributed by atoms with Gasteiger partial charge in [0, 0.05) is 0 Å². The van der Waals surface area contributed by atoms with Crippen molar-refractivity contribution in [2.45, 2.75) is 32.6 Å². The van der Waals surface area contributed by atoms with E-state index in [9.17, 15) is 8.42 Å². The lowest BCUT2D eigenvalue weighted by atomic mass is 10.0. The highest BCUT2D eigenvalue weighted by atomic mass is 32.2. The molecule has 0 amide bonds. The molecule has 0 heterocycles. The number of hydrazone groups is 1. The molecule has 116 valence electrons. The van der Waals surface area contributed by atoms with Gasteiger partial charge in [0.15, 0.2) is 0 Å². The van der Waals surface area contributed by atoms with Gasteiger partial charge in [-0.1, -0.05) is 29.8 Å². The molecule has 0 bridgehead atoms. The maximum Gasteiger partial charge on any atom is 0.276 e. The minimum Gasteiger partial charge on any atom is -0.200 e. The third-order valence-electron chi connectivity index (χ3n) is 3.59. The summed E-state index contributed by atoms with van der Waals surface area (Å²) in [5, 5.41) is 4.01. The number of sulfonamides is 1. The number of nitrogens with one attached hydrogen (secondary N) is 1. The van der Waals surface area contributed by atoms with Crippen molar-refractivity contribution in [2.75, 3.05) is 0 Å². The maximum atomic E-state index is 12.2. The Bertz CT molecular complexity index is 807. The van der Waals surface area contributed by atoms with Gasteiger partial charge in [0.25, 0.3) is 10.0 Å². The van der Waals surface area contributed by atoms with Crippen molar-refractivity contribution < 1.29 is 8.42 Å². The summed E-state index contributed by atoms with van der Waals surface area (Å²) in [5.41, 5.74) is 4.87. The van der Waals surface area contributed by atoms with E-state index >= 15 is 0 Å². The maximum absolute atomic E-state index is 12.2. The first-order valence-corrected chi connectivity index (χ1v) is 8.48. The van der Waals surface area contributed by atoms with Crippen LogP contribution in [0.25, 0.3) is 0 Å². The van der Waals surface area contributed by atoms with Crippen LogP contribution in [-0.2, 0) is 10.0 Å². The third-order valence-corrected chi connectivity index (χ3v) is 4.81. The average molecular weight is 316 g/mol. The molecule has 0 spiro atoms. The van der Waals surface area contributed by atoms with E-state index in [1.54, 1.807) is 31.2 Å². The highest BCUT2D eigenvalue weighted by Crippen LogP contribution is 2.12. The van der Waals surface area contributed by atoms with Crippen LogP contribution in [0.5, 0.6) is 0 Å². The van der Waals surface area contributed by atoms with Gasteiger partial charge < -0.3 is 0 Å². The van der Waals surface area contributed by atoms with Crippen LogP contribution in [0.15, 0.2) is 52.5 Å². The Morgan fingerprint density at radius 3 is 2.18 bits per heavy atom. The molecule has 0 saturated carbocycles. The van der Waals surface area contributed by atoms with Gasteiger partial charge >= 0.3 is 0 Å². The van der Waals surface area contributed by atoms with Crippen molar-refractivity contribution >= 4 is 15.7 Å². The van der Waals surface area contributed by atoms with Gasteiger partial charge in [-0.2, -0.15) is 18.4 Å². The molecule has 22 heavy (non-hydrogen) atoms. The molecule has 0 unspecified atom stereocenters. The highest BCUT2D eigenvalue weighted by Gasteiger charge is 2.12. The number of rotatable bonds is 4. The van der Waals surface area contributed by atoms with Crippen molar-refractivity contribution in [3.63, 3.8) is 0 Å². The molecule has 0 aliphatic carbocycles. The quantitative estimate of drug-likeness (QED) is 0.695. The second kappa shape index (κ2) is 6.32. The highest BCUT2D eigenvalue weighted by molar-refractivity contribution is 7.89. The van der Waals surface area contributed by atoms with Crippen molar-refractivity contribution in [2.24, 2.45) is 5.10 Å². The Hall–Kier alpha value is -2.14. The standard InChI is InChI=1S/C17H20N2O2S/c1-12-5-9-17(10-6-12)22(20,21)19-18-15(4)16-8-7-13(2)14(3)11-16/h5-11,19H,1-4H3. The molecular weight excluding hydrogens is 296 g/mol. The van der Waals surface area contributed by atoms with E-state index in [0.717, 1.165) is 16.7 Å². The monoisotopic (exact) mass is 316 g/mol. The third kappa shape index (κ3) is 3.74. The van der Waals surface area contributed by atoms with Crippen LogP contribution in [0.4, 0.5) is 0 Å². The van der Waals surface area contributed by atoms with E-state index in [1.807, 2.05) is 39.0 Å². The Kier molecular flexibility index (Phi) is 4.66. The summed E-state index contributed by atoms with van der Waals surface area (Å²) in [5.74, 6) is 0. The Labute approximate surface area is 131 Å². The molecule has 0 aliphatic rings. The number of benzene rings is 2. The molecule has 5 heteroatoms. The Morgan fingerprint density at radius 2 is 1.59 bits per heavy atom. The summed E-state index contributed by atoms with van der Waals surface area (Å²) in [6.07, 6.45) is 0. The summed E-state index contributed by atoms with van der Waals surface area (Å²) in [6, 6.07) is 12.6. The Morgan fingerprint density at radius 1 is 0.955 bits per heavy atom. The predicted molar refractivity (Wildman–Crippen MR) is 89.6 cm³/mol. The molecule has 4 nitrogen and oxygen atoms in total. The van der Waals surface area contributed by atoms with Crippen molar-refractivity contribution in [1.82, 2.24) is 4.83 Å². The van der Waals surface area contributed by atoms with Crippen LogP contribution in [0.2, 0.25) is 0 Å². The smallest absolute Gasteiger partial charge is 0.200 e. The van der Waals surface area contributed by atoms with Crippen LogP contribution in [0.1, 0.15) is 29.2 Å². The minimum absolute atomic E-state index is 0.203. The van der Waals surface area contributed by atoms with Gasteiger partial charge in [-0.15, -0.1) is 0 Å². The molecule has 0 aliphatic heterocycles. The van der Waals surface area contributed by atoms with Gasteiger partial charge in [-0.3, -0.25) is 0 Å². The molecule has 0 radical (unpaired) electrons. The molecule has 2 aromatic rings. The molecule has 2 aromatic carbocycles. The van der Waals surface area contributed by atoms with Crippen LogP contribution in [0, 0.1) is 20.8 Å². The molecule has 1 N–H and O–H groups in total. The number of hydrogen-bond acceptors (Lipinski definition) is 3. The lowest BCUT2D eigenvalue weighted by Gasteiger charge is -2.07. The largest absolute Gasteiger partial charge is 0.276 e. The Balaban J connectivity index is 2.22. The molecular formula is C17H20N2O2S. The molecule has 0 atom stereocenters. The second-order valence-corrected chi connectivity index (χ2v) is 7.06. The zero-order chi connectivity index (χ0) is 16.3. The second-order valence-electron chi connectivity index (χ2n) is 5.40. The molecule has 0 aromatic heterocycles. The zero-order valence-electron chi connectivity index (χ0n) is 13.2. The summed E-state index contributed by atoms with van der Waals surface area (Å²) >= 11 is 0. The first kappa shape index (κ1) is 16.2. The number of aryl methyl sites for hydroxylation is 3. The van der Waals surface area contributed by atoms with Crippen LogP contribution >= 0.6 is 0 Å². The SMILES string of the molecule is CC(=NNS(=O)(=O)c1ccc(C)cc1)c1ccc(C)c(C)c1. The number of nitrogens with zero attached hydrogens (tertiary/aromatic N) is 1. The van der Waals surface area contributed by atoms with Crippen LogP contribution < -0.4 is 4.83 Å². The topological polar surface area (TPSA) is 58.5 Å². The summed E-state index contributed by atoms with van der Waals surface area (Å²) in [4.78, 5) is 2.49. The van der Waals surface area contributed by atoms with E-state index in [1.165, 1.54) is 5.56 Å². The van der Waals surface area contributed by atoms with E-state index in [4.69, 9.17) is 0 Å². The summed E-state index contributed by atoms with van der Waals surface area (Å²) < 4.78 is 24.4. The lowest BCUT2D eigenvalue weighted by molar-refractivity contribution is 0.584. The fourth-order valence-electron chi connectivity index (χ4n) is 1.93. The minimum atomic E-state index is -3.64. The van der Waals surface area contributed by atoms with E-state index in [0.29, 0.717) is 5.71 Å². The molecule has 2 rings (SSSR count). The lowest BCUT2D eigenvalue weighted by Crippen LogP contribution is -2.20. The summed E-state index contributed by atoms with van der Waals surface area (Å²) in [6.45, 7) is 7.74. The van der Waals surface area contributed by atoms with Crippen LogP contribution in [-0.4, -0.2) is 14.1 Å². The first-order valence-electron chi connectivity index (χ1n) is 7.00. The fourth-order valence-corrected chi connectivity index (χ4v) is 2.79. The zero-order valence-corrected chi connectivity index (χ0v) is 14.0. The van der Waals surface area contributed by atoms with Gasteiger partial charge in [0.1, 0.15) is 0 Å². The fraction of sp³-hybridized carbons (Fsp3) is 0.235. The van der Waals surface area contributed by atoms with Crippen LogP contribution in [0.3, 0.4) is 0 Å². The predicted octanol–water partition coefficient (Wildman–Crippen LogP) is 3.31. The average Bonchev–Trinajstić information content (AvgIpc) is 2.48. The summed E-state index contributed by atoms with van der Waals surface area (Å²) in [7, 11) is -3.64. The van der Waals surface area contributed by atoms with E-state index < -0.39 is 10.0 Å². The van der Waals surface area contributed by atoms with Gasteiger partial charge in [-0.25, -0.2) is 0 Å². The molecule has 0 saturated heterocycles. The molecule has 0 fully saturated rings. The van der Waals surface area contributed by atoms with Gasteiger partial charge in [-0.05, 0) is 62.6 Å². The van der Waals surface area contributed by atoms with Gasteiger partial charge in [0.2, 0.25) is 0 Å². The van der Waals surface area contributed by atoms with Crippen molar-refractivity contribution in [1.29, 1.82) is 0 Å². The van der Waals surface area contributed by atoms with E-state index in [-0.39, 0.29) is 4.90 Å². The van der Waals surface area contributed by atoms with Crippen molar-refractivity contribution in [3.05, 3.63) is 64.7 Å².